The first-order valence-electron chi connectivity index (χ1n) is 5.91. The molecule has 3 heteroatoms. The van der Waals surface area contributed by atoms with Crippen molar-refractivity contribution in [2.24, 2.45) is 5.73 Å². The van der Waals surface area contributed by atoms with Crippen LogP contribution in [0.4, 0.5) is 0 Å². The lowest BCUT2D eigenvalue weighted by molar-refractivity contribution is -0.00271. The maximum Gasteiger partial charge on any atom is 0.145 e. The molecule has 3 nitrogen and oxygen atoms in total. The molecule has 0 unspecified atom stereocenters. The molecule has 0 amide bonds. The third-order valence-corrected chi connectivity index (χ3v) is 1.89. The van der Waals surface area contributed by atoms with Gasteiger partial charge in [-0.15, -0.1) is 0 Å². The second-order valence-electron chi connectivity index (χ2n) is 3.45. The Morgan fingerprint density at radius 1 is 0.833 bits per heavy atom. The molecule has 0 aliphatic heterocycles. The SMILES string of the molecule is CCN.COCOC.c1ccc2ccccc2c1. The van der Waals surface area contributed by atoms with Crippen molar-refractivity contribution in [3.63, 3.8) is 0 Å². The fourth-order valence-electron chi connectivity index (χ4n) is 1.25. The van der Waals surface area contributed by atoms with E-state index in [2.05, 4.69) is 58.0 Å². The minimum atomic E-state index is 0.389. The molecule has 2 aromatic carbocycles. The van der Waals surface area contributed by atoms with Crippen LogP contribution in [0.1, 0.15) is 6.92 Å². The molecule has 0 radical (unpaired) electrons. The second kappa shape index (κ2) is 12.0. The number of benzene rings is 2. The summed E-state index contributed by atoms with van der Waals surface area (Å²) in [6.45, 7) is 3.04. The number of ether oxygens (including phenoxy) is 2. The van der Waals surface area contributed by atoms with Crippen molar-refractivity contribution in [1.82, 2.24) is 0 Å². The summed E-state index contributed by atoms with van der Waals surface area (Å²) >= 11 is 0. The normalized spacial score (nSPS) is 8.89. The maximum absolute atomic E-state index is 4.85. The van der Waals surface area contributed by atoms with Gasteiger partial charge in [-0.25, -0.2) is 0 Å². The minimum absolute atomic E-state index is 0.389. The van der Waals surface area contributed by atoms with Gasteiger partial charge in [-0.2, -0.15) is 0 Å². The van der Waals surface area contributed by atoms with Gasteiger partial charge < -0.3 is 15.2 Å². The molecule has 0 aliphatic carbocycles. The fraction of sp³-hybridized carbons (Fsp3) is 0.333. The predicted molar refractivity (Wildman–Crippen MR) is 77.6 cm³/mol. The molecule has 2 N–H and O–H groups in total. The summed E-state index contributed by atoms with van der Waals surface area (Å²) in [5.74, 6) is 0. The standard InChI is InChI=1S/C10H8.C3H8O2.C2H7N/c1-2-6-10-8-4-3-7-9(10)5-1;1-4-3-5-2;1-2-3/h1-8H;3H2,1-2H3;2-3H2,1H3. The Balaban J connectivity index is 0.000000309. The fourth-order valence-corrected chi connectivity index (χ4v) is 1.25. The number of fused-ring (bicyclic) bond motifs is 1. The van der Waals surface area contributed by atoms with Gasteiger partial charge >= 0.3 is 0 Å². The van der Waals surface area contributed by atoms with E-state index in [1.54, 1.807) is 14.2 Å². The summed E-state index contributed by atoms with van der Waals surface area (Å²) in [7, 11) is 3.17. The topological polar surface area (TPSA) is 44.5 Å². The average Bonchev–Trinajstić information content (AvgIpc) is 2.41. The predicted octanol–water partition coefficient (Wildman–Crippen LogP) is 3.04. The average molecular weight is 249 g/mol. The summed E-state index contributed by atoms with van der Waals surface area (Å²) in [5, 5.41) is 2.62. The van der Waals surface area contributed by atoms with Crippen molar-refractivity contribution in [3.8, 4) is 0 Å². The zero-order valence-electron chi connectivity index (χ0n) is 11.4. The second-order valence-corrected chi connectivity index (χ2v) is 3.45. The van der Waals surface area contributed by atoms with Gasteiger partial charge in [0.05, 0.1) is 0 Å². The lowest BCUT2D eigenvalue weighted by Gasteiger charge is -1.92. The van der Waals surface area contributed by atoms with Crippen molar-refractivity contribution in [2.75, 3.05) is 27.6 Å². The zero-order chi connectivity index (χ0) is 13.6. The summed E-state index contributed by atoms with van der Waals surface area (Å²) in [4.78, 5) is 0. The number of rotatable bonds is 2. The molecule has 0 bridgehead atoms. The number of methoxy groups -OCH3 is 2. The van der Waals surface area contributed by atoms with Gasteiger partial charge in [0.2, 0.25) is 0 Å². The van der Waals surface area contributed by atoms with Crippen molar-refractivity contribution >= 4 is 10.8 Å². The molecule has 0 spiro atoms. The van der Waals surface area contributed by atoms with Gasteiger partial charge in [-0.1, -0.05) is 55.5 Å². The first-order valence-corrected chi connectivity index (χ1v) is 5.91. The van der Waals surface area contributed by atoms with Crippen LogP contribution in [-0.4, -0.2) is 27.6 Å². The molecule has 2 aromatic rings. The molecule has 0 aliphatic rings. The van der Waals surface area contributed by atoms with Crippen LogP contribution in [0.5, 0.6) is 0 Å². The van der Waals surface area contributed by atoms with E-state index < -0.39 is 0 Å². The van der Waals surface area contributed by atoms with E-state index in [9.17, 15) is 0 Å². The lowest BCUT2D eigenvalue weighted by atomic mass is 10.1. The van der Waals surface area contributed by atoms with Crippen LogP contribution in [0.3, 0.4) is 0 Å². The highest BCUT2D eigenvalue weighted by Crippen LogP contribution is 2.11. The van der Waals surface area contributed by atoms with Gasteiger partial charge in [0.25, 0.3) is 0 Å². The van der Waals surface area contributed by atoms with Crippen molar-refractivity contribution in [1.29, 1.82) is 0 Å². The van der Waals surface area contributed by atoms with E-state index in [1.165, 1.54) is 10.8 Å². The van der Waals surface area contributed by atoms with Crippen LogP contribution in [-0.2, 0) is 9.47 Å². The third kappa shape index (κ3) is 7.79. The molecule has 0 heterocycles. The molecule has 0 saturated heterocycles. The van der Waals surface area contributed by atoms with Gasteiger partial charge in [-0.3, -0.25) is 0 Å². The Morgan fingerprint density at radius 3 is 1.28 bits per heavy atom. The van der Waals surface area contributed by atoms with Gasteiger partial charge in [0.15, 0.2) is 0 Å². The lowest BCUT2D eigenvalue weighted by Crippen LogP contribution is -1.87. The highest BCUT2D eigenvalue weighted by molar-refractivity contribution is 5.81. The summed E-state index contributed by atoms with van der Waals surface area (Å²) in [6.07, 6.45) is 0. The monoisotopic (exact) mass is 249 g/mol. The maximum atomic E-state index is 4.85. The quantitative estimate of drug-likeness (QED) is 0.832. The largest absolute Gasteiger partial charge is 0.359 e. The highest BCUT2D eigenvalue weighted by atomic mass is 16.6. The van der Waals surface area contributed by atoms with E-state index in [0.717, 1.165) is 6.54 Å². The van der Waals surface area contributed by atoms with Gasteiger partial charge in [0.1, 0.15) is 6.79 Å². The van der Waals surface area contributed by atoms with Crippen LogP contribution < -0.4 is 5.73 Å². The number of nitrogens with two attached hydrogens (primary N) is 1. The molecule has 2 rings (SSSR count). The Bertz CT molecular complexity index is 337. The zero-order valence-corrected chi connectivity index (χ0v) is 11.4. The summed E-state index contributed by atoms with van der Waals surface area (Å²) in [6, 6.07) is 16.7. The minimum Gasteiger partial charge on any atom is -0.359 e. The van der Waals surface area contributed by atoms with E-state index in [4.69, 9.17) is 5.73 Å². The molecule has 0 saturated carbocycles. The molecule has 0 fully saturated rings. The Kier molecular flexibility index (Phi) is 11.1. The van der Waals surface area contributed by atoms with Gasteiger partial charge in [0, 0.05) is 14.2 Å². The van der Waals surface area contributed by atoms with Crippen molar-refractivity contribution in [2.45, 2.75) is 6.92 Å². The van der Waals surface area contributed by atoms with Crippen LogP contribution in [0.2, 0.25) is 0 Å². The van der Waals surface area contributed by atoms with E-state index >= 15 is 0 Å². The number of hydrogen-bond donors (Lipinski definition) is 1. The Hall–Kier alpha value is -1.42. The molecule has 100 valence electrons. The summed E-state index contributed by atoms with van der Waals surface area (Å²) in [5.41, 5.74) is 4.85. The van der Waals surface area contributed by atoms with Crippen LogP contribution in [0, 0.1) is 0 Å². The third-order valence-electron chi connectivity index (χ3n) is 1.89. The molecular weight excluding hydrogens is 226 g/mol. The van der Waals surface area contributed by atoms with Crippen molar-refractivity contribution in [3.05, 3.63) is 48.5 Å². The summed E-state index contributed by atoms with van der Waals surface area (Å²) < 4.78 is 8.94. The molecule has 0 aromatic heterocycles. The Morgan fingerprint density at radius 2 is 1.11 bits per heavy atom. The molecule has 18 heavy (non-hydrogen) atoms. The van der Waals surface area contributed by atoms with E-state index in [1.807, 2.05) is 6.92 Å². The van der Waals surface area contributed by atoms with E-state index in [-0.39, 0.29) is 0 Å². The van der Waals surface area contributed by atoms with Crippen molar-refractivity contribution < 1.29 is 9.47 Å². The highest BCUT2D eigenvalue weighted by Gasteiger charge is 1.85. The van der Waals surface area contributed by atoms with E-state index in [0.29, 0.717) is 6.79 Å². The first-order chi connectivity index (χ1) is 8.79. The molecule has 0 atom stereocenters. The van der Waals surface area contributed by atoms with Crippen LogP contribution >= 0.6 is 0 Å². The first kappa shape index (κ1) is 16.6. The molecular formula is C15H23NO2. The number of hydrogen-bond acceptors (Lipinski definition) is 3. The Labute approximate surface area is 110 Å². The smallest absolute Gasteiger partial charge is 0.145 e. The van der Waals surface area contributed by atoms with Gasteiger partial charge in [-0.05, 0) is 17.3 Å². The van der Waals surface area contributed by atoms with Crippen LogP contribution in [0.15, 0.2) is 48.5 Å². The van der Waals surface area contributed by atoms with Crippen LogP contribution in [0.25, 0.3) is 10.8 Å².